The van der Waals surface area contributed by atoms with Gasteiger partial charge in [0.15, 0.2) is 0 Å². The van der Waals surface area contributed by atoms with Crippen LogP contribution in [0.4, 0.5) is 14.9 Å². The summed E-state index contributed by atoms with van der Waals surface area (Å²) in [6, 6.07) is 3.81. The van der Waals surface area contributed by atoms with Crippen molar-refractivity contribution in [2.45, 2.75) is 45.6 Å². The Labute approximate surface area is 123 Å². The van der Waals surface area contributed by atoms with E-state index in [9.17, 15) is 14.0 Å². The Morgan fingerprint density at radius 1 is 1.38 bits per heavy atom. The largest absolute Gasteiger partial charge is 0.481 e. The number of carbonyl (C=O) groups is 2. The maximum Gasteiger partial charge on any atom is 0.412 e. The number of benzene rings is 1. The fraction of sp³-hybridized carbons (Fsp3) is 0.467. The van der Waals surface area contributed by atoms with Gasteiger partial charge in [-0.3, -0.25) is 10.1 Å². The van der Waals surface area contributed by atoms with Gasteiger partial charge in [0.25, 0.3) is 0 Å². The van der Waals surface area contributed by atoms with E-state index in [1.54, 1.807) is 27.7 Å². The fourth-order valence-corrected chi connectivity index (χ4v) is 1.84. The topological polar surface area (TPSA) is 75.6 Å². The number of carbonyl (C=O) groups excluding carboxylic acids is 1. The van der Waals surface area contributed by atoms with Gasteiger partial charge in [-0.15, -0.1) is 0 Å². The number of hydrogen-bond donors (Lipinski definition) is 2. The van der Waals surface area contributed by atoms with Crippen LogP contribution in [0.1, 0.15) is 45.6 Å². The molecule has 0 radical (unpaired) electrons. The molecule has 0 heterocycles. The van der Waals surface area contributed by atoms with Crippen molar-refractivity contribution in [3.05, 3.63) is 29.6 Å². The predicted octanol–water partition coefficient (Wildman–Crippen LogP) is 3.75. The minimum Gasteiger partial charge on any atom is -0.481 e. The third-order valence-corrected chi connectivity index (χ3v) is 2.72. The Balaban J connectivity index is 2.96. The molecule has 1 aromatic rings. The maximum absolute atomic E-state index is 13.8. The highest BCUT2D eigenvalue weighted by molar-refractivity contribution is 5.85. The Hall–Kier alpha value is -2.11. The van der Waals surface area contributed by atoms with Gasteiger partial charge < -0.3 is 9.84 Å². The first kappa shape index (κ1) is 16.9. The third-order valence-electron chi connectivity index (χ3n) is 2.72. The van der Waals surface area contributed by atoms with E-state index in [1.165, 1.54) is 12.1 Å². The fourth-order valence-electron chi connectivity index (χ4n) is 1.84. The van der Waals surface area contributed by atoms with Crippen molar-refractivity contribution in [3.63, 3.8) is 0 Å². The zero-order chi connectivity index (χ0) is 16.2. The molecule has 6 heteroatoms. The van der Waals surface area contributed by atoms with E-state index < -0.39 is 29.4 Å². The summed E-state index contributed by atoms with van der Waals surface area (Å²) in [5.74, 6) is -2.67. The third kappa shape index (κ3) is 5.06. The number of hydrogen-bond acceptors (Lipinski definition) is 3. The zero-order valence-corrected chi connectivity index (χ0v) is 12.6. The monoisotopic (exact) mass is 297 g/mol. The van der Waals surface area contributed by atoms with Crippen LogP contribution in [0.3, 0.4) is 0 Å². The molecule has 2 N–H and O–H groups in total. The van der Waals surface area contributed by atoms with Crippen molar-refractivity contribution in [3.8, 4) is 0 Å². The summed E-state index contributed by atoms with van der Waals surface area (Å²) >= 11 is 0. The first-order chi connectivity index (χ1) is 9.64. The maximum atomic E-state index is 13.8. The first-order valence-corrected chi connectivity index (χ1v) is 6.66. The van der Waals surface area contributed by atoms with E-state index in [4.69, 9.17) is 9.84 Å². The summed E-state index contributed by atoms with van der Waals surface area (Å²) in [6.07, 6.45) is -0.425. The molecule has 0 aliphatic heterocycles. The molecule has 1 atom stereocenters. The molecular weight excluding hydrogens is 277 g/mol. The van der Waals surface area contributed by atoms with E-state index in [0.717, 1.165) is 6.07 Å². The average Bonchev–Trinajstić information content (AvgIpc) is 2.31. The molecule has 0 fully saturated rings. The minimum atomic E-state index is -1.11. The molecule has 116 valence electrons. The molecular formula is C15H20FNO4. The van der Waals surface area contributed by atoms with Crippen LogP contribution in [0, 0.1) is 5.82 Å². The average molecular weight is 297 g/mol. The van der Waals surface area contributed by atoms with Crippen LogP contribution in [-0.4, -0.2) is 22.8 Å². The van der Waals surface area contributed by atoms with E-state index in [-0.39, 0.29) is 12.0 Å². The van der Waals surface area contributed by atoms with Gasteiger partial charge in [-0.2, -0.15) is 0 Å². The van der Waals surface area contributed by atoms with Crippen LogP contribution in [0.25, 0.3) is 0 Å². The number of ether oxygens (including phenoxy) is 1. The second-order valence-corrected chi connectivity index (χ2v) is 5.66. The number of halogens is 1. The molecule has 1 unspecified atom stereocenters. The summed E-state index contributed by atoms with van der Waals surface area (Å²) in [4.78, 5) is 22.8. The van der Waals surface area contributed by atoms with Gasteiger partial charge in [-0.1, -0.05) is 6.92 Å². The Morgan fingerprint density at radius 2 is 2.00 bits per heavy atom. The van der Waals surface area contributed by atoms with E-state index in [0.29, 0.717) is 5.69 Å². The second kappa shape index (κ2) is 6.56. The standard InChI is InChI=1S/C15H20FNO4/c1-5-10(13(18)19)11-8-9(6-7-12(11)16)17-14(20)21-15(2,3)4/h6-8,10H,5H2,1-4H3,(H,17,20)(H,18,19). The molecule has 0 saturated heterocycles. The number of nitrogens with one attached hydrogen (secondary N) is 1. The van der Waals surface area contributed by atoms with Crippen LogP contribution >= 0.6 is 0 Å². The zero-order valence-electron chi connectivity index (χ0n) is 12.6. The van der Waals surface area contributed by atoms with Gasteiger partial charge in [-0.25, -0.2) is 9.18 Å². The first-order valence-electron chi connectivity index (χ1n) is 6.66. The van der Waals surface area contributed by atoms with Gasteiger partial charge in [0, 0.05) is 11.3 Å². The van der Waals surface area contributed by atoms with E-state index in [1.807, 2.05) is 0 Å². The normalized spacial score (nSPS) is 12.6. The van der Waals surface area contributed by atoms with E-state index >= 15 is 0 Å². The van der Waals surface area contributed by atoms with Gasteiger partial charge >= 0.3 is 12.1 Å². The van der Waals surface area contributed by atoms with E-state index in [2.05, 4.69) is 5.32 Å². The minimum absolute atomic E-state index is 0.0403. The number of carboxylic acid groups (broad SMARTS) is 1. The summed E-state index contributed by atoms with van der Waals surface area (Å²) in [5.41, 5.74) is -0.320. The summed E-state index contributed by atoms with van der Waals surface area (Å²) in [7, 11) is 0. The molecule has 0 saturated carbocycles. The lowest BCUT2D eigenvalue weighted by Crippen LogP contribution is -2.27. The highest BCUT2D eigenvalue weighted by Gasteiger charge is 2.22. The van der Waals surface area contributed by atoms with Gasteiger partial charge in [0.2, 0.25) is 0 Å². The SMILES string of the molecule is CCC(C(=O)O)c1cc(NC(=O)OC(C)(C)C)ccc1F. The molecule has 0 aromatic heterocycles. The Kier molecular flexibility index (Phi) is 5.29. The molecule has 0 bridgehead atoms. The molecule has 1 aromatic carbocycles. The van der Waals surface area contributed by atoms with Crippen LogP contribution < -0.4 is 5.32 Å². The van der Waals surface area contributed by atoms with Gasteiger partial charge in [0.1, 0.15) is 11.4 Å². The Morgan fingerprint density at radius 3 is 2.48 bits per heavy atom. The van der Waals surface area contributed by atoms with Crippen LogP contribution in [0.15, 0.2) is 18.2 Å². The van der Waals surface area contributed by atoms with Gasteiger partial charge in [0.05, 0.1) is 5.92 Å². The van der Waals surface area contributed by atoms with Crippen molar-refractivity contribution in [1.29, 1.82) is 0 Å². The van der Waals surface area contributed by atoms with Crippen LogP contribution in [0.5, 0.6) is 0 Å². The molecule has 1 rings (SSSR count). The van der Waals surface area contributed by atoms with Crippen LogP contribution in [0.2, 0.25) is 0 Å². The molecule has 0 spiro atoms. The lowest BCUT2D eigenvalue weighted by molar-refractivity contribution is -0.138. The summed E-state index contributed by atoms with van der Waals surface area (Å²) in [5, 5.41) is 11.6. The Bertz CT molecular complexity index is 537. The van der Waals surface area contributed by atoms with Crippen LogP contribution in [-0.2, 0) is 9.53 Å². The van der Waals surface area contributed by atoms with Crippen molar-refractivity contribution >= 4 is 17.7 Å². The number of amides is 1. The van der Waals surface area contributed by atoms with Crippen molar-refractivity contribution in [1.82, 2.24) is 0 Å². The lowest BCUT2D eigenvalue weighted by atomic mass is 9.95. The molecule has 5 nitrogen and oxygen atoms in total. The van der Waals surface area contributed by atoms with Crippen molar-refractivity contribution in [2.75, 3.05) is 5.32 Å². The van der Waals surface area contributed by atoms with Crippen molar-refractivity contribution < 1.29 is 23.8 Å². The van der Waals surface area contributed by atoms with Gasteiger partial charge in [-0.05, 0) is 45.4 Å². The number of aliphatic carboxylic acids is 1. The summed E-state index contributed by atoms with van der Waals surface area (Å²) < 4.78 is 18.9. The molecule has 0 aliphatic rings. The second-order valence-electron chi connectivity index (χ2n) is 5.66. The molecule has 1 amide bonds. The highest BCUT2D eigenvalue weighted by atomic mass is 19.1. The highest BCUT2D eigenvalue weighted by Crippen LogP contribution is 2.26. The molecule has 21 heavy (non-hydrogen) atoms. The molecule has 0 aliphatic carbocycles. The number of anilines is 1. The summed E-state index contributed by atoms with van der Waals surface area (Å²) in [6.45, 7) is 6.83. The lowest BCUT2D eigenvalue weighted by Gasteiger charge is -2.20. The number of rotatable bonds is 4. The number of carboxylic acids is 1. The quantitative estimate of drug-likeness (QED) is 0.887. The van der Waals surface area contributed by atoms with Crippen molar-refractivity contribution in [2.24, 2.45) is 0 Å². The smallest absolute Gasteiger partial charge is 0.412 e. The predicted molar refractivity (Wildman–Crippen MR) is 76.9 cm³/mol.